The Morgan fingerprint density at radius 3 is 1.16 bits per heavy atom. The van der Waals surface area contributed by atoms with Gasteiger partial charge in [-0.15, -0.1) is 0 Å². The zero-order valence-corrected chi connectivity index (χ0v) is 54.9. The number of ether oxygens (including phenoxy) is 1. The fourth-order valence-electron chi connectivity index (χ4n) is 9.80. The first-order valence-corrected chi connectivity index (χ1v) is 35.8. The van der Waals surface area contributed by atoms with E-state index in [0.717, 1.165) is 89.9 Å². The molecule has 0 aromatic heterocycles. The fraction of sp³-hybridized carbons (Fsp3) is 0.803. The normalized spacial score (nSPS) is 14.0. The van der Waals surface area contributed by atoms with Gasteiger partial charge in [-0.2, -0.15) is 0 Å². The van der Waals surface area contributed by atoms with E-state index in [2.05, 4.69) is 86.8 Å². The van der Waals surface area contributed by atoms with Crippen molar-refractivity contribution in [1.29, 1.82) is 0 Å². The number of quaternary nitrogens is 1. The Morgan fingerprint density at radius 2 is 0.753 bits per heavy atom. The van der Waals surface area contributed by atoms with Crippen molar-refractivity contribution in [3.63, 3.8) is 0 Å². The second-order valence-corrected chi connectivity index (χ2v) is 25.8. The number of hydrogen-bond donors (Lipinski definition) is 2. The first-order valence-electron chi connectivity index (χ1n) is 34.3. The van der Waals surface area contributed by atoms with E-state index < -0.39 is 20.0 Å². The van der Waals surface area contributed by atoms with E-state index >= 15 is 0 Å². The summed E-state index contributed by atoms with van der Waals surface area (Å²) in [4.78, 5) is 37.9. The molecule has 0 bridgehead atoms. The Bertz CT molecular complexity index is 1620. The summed E-state index contributed by atoms with van der Waals surface area (Å²) in [5, 5.41) is 3.06. The minimum atomic E-state index is -4.46. The molecular formula is C71H132N2O7P+. The molecule has 3 atom stereocenters. The Balaban J connectivity index is 5.20. The highest BCUT2D eigenvalue weighted by molar-refractivity contribution is 7.47. The van der Waals surface area contributed by atoms with Gasteiger partial charge in [0.2, 0.25) is 5.91 Å². The van der Waals surface area contributed by atoms with Crippen LogP contribution in [0, 0.1) is 0 Å². The van der Waals surface area contributed by atoms with E-state index in [1.54, 1.807) is 0 Å². The molecule has 0 heterocycles. The number of phosphoric acid groups is 1. The third-order valence-corrected chi connectivity index (χ3v) is 16.1. The lowest BCUT2D eigenvalue weighted by Gasteiger charge is -2.27. The Kier molecular flexibility index (Phi) is 58.7. The van der Waals surface area contributed by atoms with Gasteiger partial charge in [-0.05, 0) is 102 Å². The molecule has 81 heavy (non-hydrogen) atoms. The molecule has 0 aromatic rings. The van der Waals surface area contributed by atoms with E-state index in [0.29, 0.717) is 17.4 Å². The van der Waals surface area contributed by atoms with Gasteiger partial charge in [0.15, 0.2) is 0 Å². The van der Waals surface area contributed by atoms with Crippen LogP contribution in [0.25, 0.3) is 0 Å². The van der Waals surface area contributed by atoms with Gasteiger partial charge in [0.25, 0.3) is 0 Å². The molecule has 0 fully saturated rings. The molecule has 0 aliphatic rings. The van der Waals surface area contributed by atoms with Crippen molar-refractivity contribution in [2.45, 2.75) is 328 Å². The third-order valence-electron chi connectivity index (χ3n) is 15.1. The molecule has 2 N–H and O–H groups in total. The number of rotatable bonds is 62. The van der Waals surface area contributed by atoms with Crippen LogP contribution in [0.5, 0.6) is 0 Å². The first kappa shape index (κ1) is 78.5. The molecule has 0 aliphatic carbocycles. The molecule has 10 heteroatoms. The molecule has 0 saturated heterocycles. The van der Waals surface area contributed by atoms with Crippen molar-refractivity contribution in [2.24, 2.45) is 0 Å². The van der Waals surface area contributed by atoms with Crippen LogP contribution in [-0.2, 0) is 27.9 Å². The number of nitrogens with zero attached hydrogens (tertiary/aromatic N) is 1. The van der Waals surface area contributed by atoms with Gasteiger partial charge in [0.05, 0.1) is 33.8 Å². The zero-order chi connectivity index (χ0) is 59.3. The molecule has 0 rings (SSSR count). The molecular weight excluding hydrogens is 1020 g/mol. The van der Waals surface area contributed by atoms with Crippen molar-refractivity contribution >= 4 is 19.7 Å². The lowest BCUT2D eigenvalue weighted by molar-refractivity contribution is -0.870. The minimum absolute atomic E-state index is 0.0359. The predicted molar refractivity (Wildman–Crippen MR) is 351 cm³/mol. The summed E-state index contributed by atoms with van der Waals surface area (Å²) in [5.41, 5.74) is 0. The Morgan fingerprint density at radius 1 is 0.432 bits per heavy atom. The zero-order valence-electron chi connectivity index (χ0n) is 54.0. The van der Waals surface area contributed by atoms with Gasteiger partial charge in [-0.1, -0.05) is 274 Å². The van der Waals surface area contributed by atoms with Gasteiger partial charge < -0.3 is 19.4 Å². The lowest BCUT2D eigenvalue weighted by Crippen LogP contribution is -2.47. The first-order chi connectivity index (χ1) is 39.4. The summed E-state index contributed by atoms with van der Waals surface area (Å²) < 4.78 is 30.8. The fourth-order valence-corrected chi connectivity index (χ4v) is 10.5. The monoisotopic (exact) mass is 1160 g/mol. The van der Waals surface area contributed by atoms with Crippen LogP contribution in [0.15, 0.2) is 72.9 Å². The summed E-state index contributed by atoms with van der Waals surface area (Å²) in [6.45, 7) is 7.00. The number of carbonyl (C=O) groups is 2. The van der Waals surface area contributed by atoms with Gasteiger partial charge in [-0.25, -0.2) is 4.57 Å². The average molecular weight is 1160 g/mol. The summed E-state index contributed by atoms with van der Waals surface area (Å²) in [7, 11) is 1.49. The van der Waals surface area contributed by atoms with Crippen LogP contribution < -0.4 is 5.32 Å². The SMILES string of the molecule is CCCCC/C=C\C/C=C\C/C=C\C/C=C\CCCCCCCCCC(=O)NC(COP(=O)(O)OCC[N+](C)(C)C)C(/C=C\CCCCCCCCCCCCC)OC(=O)CCCCCCCCCCC/C=C/CCCCCCCC. The number of likely N-dealkylation sites (N-methyl/N-ethyl adjacent to an activating group) is 1. The molecule has 0 spiro atoms. The maximum absolute atomic E-state index is 13.6. The molecule has 0 aromatic carbocycles. The van der Waals surface area contributed by atoms with Crippen molar-refractivity contribution < 1.29 is 37.3 Å². The summed E-state index contributed by atoms with van der Waals surface area (Å²) in [6.07, 6.45) is 79.0. The van der Waals surface area contributed by atoms with Crippen molar-refractivity contribution in [3.8, 4) is 0 Å². The highest BCUT2D eigenvalue weighted by Gasteiger charge is 2.30. The molecule has 0 saturated carbocycles. The van der Waals surface area contributed by atoms with Gasteiger partial charge >= 0.3 is 13.8 Å². The molecule has 0 aliphatic heterocycles. The average Bonchev–Trinajstić information content (AvgIpc) is 3.44. The van der Waals surface area contributed by atoms with Crippen LogP contribution in [0.3, 0.4) is 0 Å². The van der Waals surface area contributed by atoms with Crippen molar-refractivity contribution in [3.05, 3.63) is 72.9 Å². The number of carbonyl (C=O) groups excluding carboxylic acids is 2. The summed E-state index contributed by atoms with van der Waals surface area (Å²) in [5.74, 6) is -0.512. The van der Waals surface area contributed by atoms with E-state index in [1.165, 1.54) is 193 Å². The third kappa shape index (κ3) is 61.8. The van der Waals surface area contributed by atoms with E-state index in [4.69, 9.17) is 13.8 Å². The molecule has 3 unspecified atom stereocenters. The van der Waals surface area contributed by atoms with Gasteiger partial charge in [0, 0.05) is 12.8 Å². The minimum Gasteiger partial charge on any atom is -0.456 e. The maximum Gasteiger partial charge on any atom is 0.472 e. The lowest BCUT2D eigenvalue weighted by atomic mass is 10.0. The largest absolute Gasteiger partial charge is 0.472 e. The molecule has 0 radical (unpaired) electrons. The van der Waals surface area contributed by atoms with Crippen LogP contribution >= 0.6 is 7.82 Å². The highest BCUT2D eigenvalue weighted by atomic mass is 31.2. The van der Waals surface area contributed by atoms with Gasteiger partial charge in [-0.3, -0.25) is 18.6 Å². The quantitative estimate of drug-likeness (QED) is 0.0205. The Labute approximate surface area is 502 Å². The number of nitrogens with one attached hydrogen (secondary N) is 1. The predicted octanol–water partition coefficient (Wildman–Crippen LogP) is 21.6. The number of amides is 1. The van der Waals surface area contributed by atoms with Crippen molar-refractivity contribution in [1.82, 2.24) is 5.32 Å². The van der Waals surface area contributed by atoms with Gasteiger partial charge in [0.1, 0.15) is 19.3 Å². The van der Waals surface area contributed by atoms with Crippen molar-refractivity contribution in [2.75, 3.05) is 40.9 Å². The van der Waals surface area contributed by atoms with Crippen LogP contribution in [0.4, 0.5) is 0 Å². The second-order valence-electron chi connectivity index (χ2n) is 24.3. The smallest absolute Gasteiger partial charge is 0.456 e. The number of phosphoric ester groups is 1. The second kappa shape index (κ2) is 60.6. The molecule has 9 nitrogen and oxygen atoms in total. The van der Waals surface area contributed by atoms with Crippen LogP contribution in [-0.4, -0.2) is 74.3 Å². The van der Waals surface area contributed by atoms with E-state index in [-0.39, 0.29) is 31.5 Å². The number of unbranched alkanes of at least 4 members (excludes halogenated alkanes) is 36. The summed E-state index contributed by atoms with van der Waals surface area (Å²) in [6, 6.07) is -0.858. The number of esters is 1. The summed E-state index contributed by atoms with van der Waals surface area (Å²) >= 11 is 0. The Hall–Kier alpha value is -2.55. The standard InChI is InChI=1S/C71H131N2O7P/c1-7-10-13-16-19-22-25-28-30-32-34-35-36-37-39-40-42-45-48-51-54-57-60-63-70(74)72-68(67-79-81(76,77)78-66-65-73(4,5)6)69(62-59-56-53-50-47-44-27-24-21-18-15-12-9-3)80-71(75)64-61-58-55-52-49-46-43-41-38-33-31-29-26-23-20-17-14-11-8-2/h19,22,28-31,34-35,37,39,59,62,68-69H,7-18,20-21,23-27,32-33,36,38,40-58,60-61,63-67H2,1-6H3,(H-,72,74,76,77)/p+1/b22-19-,30-28-,31-29+,35-34-,39-37-,62-59-. The van der Waals surface area contributed by atoms with E-state index in [9.17, 15) is 19.0 Å². The number of hydrogen-bond acceptors (Lipinski definition) is 6. The van der Waals surface area contributed by atoms with E-state index in [1.807, 2.05) is 33.3 Å². The molecule has 472 valence electrons. The number of allylic oxidation sites excluding steroid dienone is 11. The molecule has 1 amide bonds. The maximum atomic E-state index is 13.6. The topological polar surface area (TPSA) is 111 Å². The highest BCUT2D eigenvalue weighted by Crippen LogP contribution is 2.43. The van der Waals surface area contributed by atoms with Crippen LogP contribution in [0.2, 0.25) is 0 Å². The van der Waals surface area contributed by atoms with Crippen LogP contribution in [0.1, 0.15) is 316 Å².